The topological polar surface area (TPSA) is 99.8 Å². The molecule has 1 unspecified atom stereocenters. The van der Waals surface area contributed by atoms with Crippen molar-refractivity contribution >= 4 is 5.91 Å². The molecule has 1 aliphatic carbocycles. The molecule has 1 atom stereocenters. The number of rotatable bonds is 4. The van der Waals surface area contributed by atoms with Gasteiger partial charge in [0.15, 0.2) is 5.82 Å². The third-order valence-corrected chi connectivity index (χ3v) is 2.55. The van der Waals surface area contributed by atoms with Gasteiger partial charge in [-0.25, -0.2) is 4.98 Å². The molecule has 4 N–H and O–H groups in total. The summed E-state index contributed by atoms with van der Waals surface area (Å²) >= 11 is 0. The largest absolute Gasteiger partial charge is 0.368 e. The van der Waals surface area contributed by atoms with E-state index >= 15 is 0 Å². The highest BCUT2D eigenvalue weighted by molar-refractivity contribution is 5.83. The molecule has 15 heavy (non-hydrogen) atoms. The first kappa shape index (κ1) is 10.1. The van der Waals surface area contributed by atoms with E-state index < -0.39 is 11.4 Å². The van der Waals surface area contributed by atoms with E-state index in [9.17, 15) is 4.79 Å². The summed E-state index contributed by atoms with van der Waals surface area (Å²) in [5.41, 5.74) is 9.83. The van der Waals surface area contributed by atoms with Gasteiger partial charge in [0.25, 0.3) is 0 Å². The second-order valence-corrected chi connectivity index (χ2v) is 4.36. The fourth-order valence-corrected chi connectivity index (χ4v) is 1.33. The van der Waals surface area contributed by atoms with Crippen LogP contribution in [0.5, 0.6) is 0 Å². The number of amides is 1. The Labute approximate surface area is 87.6 Å². The quantitative estimate of drug-likeness (QED) is 0.688. The predicted octanol–water partition coefficient (Wildman–Crippen LogP) is -0.642. The van der Waals surface area contributed by atoms with Gasteiger partial charge >= 0.3 is 0 Å². The van der Waals surface area contributed by atoms with Gasteiger partial charge in [-0.2, -0.15) is 5.10 Å². The van der Waals surface area contributed by atoms with Crippen molar-refractivity contribution in [3.63, 3.8) is 0 Å². The first-order chi connectivity index (χ1) is 6.99. The first-order valence-corrected chi connectivity index (χ1v) is 4.97. The van der Waals surface area contributed by atoms with Gasteiger partial charge in [0.05, 0.1) is 6.54 Å². The van der Waals surface area contributed by atoms with Crippen molar-refractivity contribution < 1.29 is 4.79 Å². The summed E-state index contributed by atoms with van der Waals surface area (Å²) in [6.45, 7) is 1.86. The summed E-state index contributed by atoms with van der Waals surface area (Å²) in [5.74, 6) is 0.810. The summed E-state index contributed by atoms with van der Waals surface area (Å²) < 4.78 is 1.58. The van der Waals surface area contributed by atoms with E-state index in [-0.39, 0.29) is 6.54 Å². The Bertz CT molecular complexity index is 380. The molecule has 0 aromatic carbocycles. The molecule has 1 aliphatic rings. The standard InChI is InChI=1S/C9H15N5O/c1-9(11,8(10)15)4-14-5-12-7(13-14)6-2-3-6/h5-6H,2-4,11H2,1H3,(H2,10,15). The molecule has 1 heterocycles. The van der Waals surface area contributed by atoms with E-state index in [4.69, 9.17) is 11.5 Å². The van der Waals surface area contributed by atoms with E-state index in [2.05, 4.69) is 10.1 Å². The molecule has 1 saturated carbocycles. The Kier molecular flexibility index (Phi) is 2.22. The monoisotopic (exact) mass is 209 g/mol. The maximum absolute atomic E-state index is 11.0. The second kappa shape index (κ2) is 3.30. The number of carbonyl (C=O) groups excluding carboxylic acids is 1. The highest BCUT2D eigenvalue weighted by Crippen LogP contribution is 2.37. The van der Waals surface area contributed by atoms with Gasteiger partial charge in [-0.15, -0.1) is 0 Å². The van der Waals surface area contributed by atoms with Crippen LogP contribution in [0.1, 0.15) is 31.5 Å². The van der Waals surface area contributed by atoms with Crippen molar-refractivity contribution in [2.75, 3.05) is 0 Å². The van der Waals surface area contributed by atoms with Gasteiger partial charge in [-0.1, -0.05) is 0 Å². The Hall–Kier alpha value is -1.43. The van der Waals surface area contributed by atoms with E-state index in [0.717, 1.165) is 18.7 Å². The lowest BCUT2D eigenvalue weighted by atomic mass is 10.0. The van der Waals surface area contributed by atoms with Crippen LogP contribution in [0, 0.1) is 0 Å². The van der Waals surface area contributed by atoms with Crippen LogP contribution in [0.4, 0.5) is 0 Å². The molecular formula is C9H15N5O. The summed E-state index contributed by atoms with van der Waals surface area (Å²) in [7, 11) is 0. The lowest BCUT2D eigenvalue weighted by Crippen LogP contribution is -2.52. The summed E-state index contributed by atoms with van der Waals surface area (Å²) in [6, 6.07) is 0. The second-order valence-electron chi connectivity index (χ2n) is 4.36. The minimum atomic E-state index is -1.07. The number of aromatic nitrogens is 3. The molecule has 82 valence electrons. The minimum Gasteiger partial charge on any atom is -0.368 e. The van der Waals surface area contributed by atoms with Crippen LogP contribution in [0.2, 0.25) is 0 Å². The van der Waals surface area contributed by atoms with Crippen LogP contribution in [-0.4, -0.2) is 26.2 Å². The lowest BCUT2D eigenvalue weighted by molar-refractivity contribution is -0.123. The maximum atomic E-state index is 11.0. The summed E-state index contributed by atoms with van der Waals surface area (Å²) in [6.07, 6.45) is 3.90. The van der Waals surface area contributed by atoms with Crippen LogP contribution in [0.3, 0.4) is 0 Å². The van der Waals surface area contributed by atoms with Gasteiger partial charge < -0.3 is 11.5 Å². The molecule has 0 bridgehead atoms. The smallest absolute Gasteiger partial charge is 0.239 e. The van der Waals surface area contributed by atoms with Crippen molar-refractivity contribution in [3.05, 3.63) is 12.2 Å². The highest BCUT2D eigenvalue weighted by atomic mass is 16.1. The Balaban J connectivity index is 2.06. The van der Waals surface area contributed by atoms with Crippen molar-refractivity contribution in [1.82, 2.24) is 14.8 Å². The molecule has 1 aromatic rings. The molecule has 6 heteroatoms. The number of hydrogen-bond donors (Lipinski definition) is 2. The number of nitrogens with two attached hydrogens (primary N) is 2. The van der Waals surface area contributed by atoms with Gasteiger partial charge in [-0.3, -0.25) is 9.48 Å². The third-order valence-electron chi connectivity index (χ3n) is 2.55. The van der Waals surface area contributed by atoms with Gasteiger partial charge in [-0.05, 0) is 19.8 Å². The fraction of sp³-hybridized carbons (Fsp3) is 0.667. The molecule has 0 spiro atoms. The normalized spacial score (nSPS) is 19.9. The van der Waals surface area contributed by atoms with Crippen LogP contribution >= 0.6 is 0 Å². The van der Waals surface area contributed by atoms with Crippen molar-refractivity contribution in [1.29, 1.82) is 0 Å². The van der Waals surface area contributed by atoms with Crippen LogP contribution < -0.4 is 11.5 Å². The average Bonchev–Trinajstić information content (AvgIpc) is 2.88. The molecular weight excluding hydrogens is 194 g/mol. The number of nitrogens with zero attached hydrogens (tertiary/aromatic N) is 3. The molecule has 0 saturated heterocycles. The maximum Gasteiger partial charge on any atom is 0.239 e. The Morgan fingerprint density at radius 3 is 2.93 bits per heavy atom. The van der Waals surface area contributed by atoms with Crippen LogP contribution in [0.25, 0.3) is 0 Å². The zero-order chi connectivity index (χ0) is 11.1. The molecule has 2 rings (SSSR count). The lowest BCUT2D eigenvalue weighted by Gasteiger charge is -2.19. The van der Waals surface area contributed by atoms with E-state index in [1.807, 2.05) is 0 Å². The third kappa shape index (κ3) is 2.15. The predicted molar refractivity (Wildman–Crippen MR) is 53.8 cm³/mol. The van der Waals surface area contributed by atoms with Crippen LogP contribution in [-0.2, 0) is 11.3 Å². The molecule has 0 aliphatic heterocycles. The molecule has 0 radical (unpaired) electrons. The van der Waals surface area contributed by atoms with E-state index in [1.54, 1.807) is 17.9 Å². The zero-order valence-electron chi connectivity index (χ0n) is 8.68. The summed E-state index contributed by atoms with van der Waals surface area (Å²) in [5, 5.41) is 4.26. The average molecular weight is 209 g/mol. The molecule has 1 amide bonds. The number of hydrogen-bond acceptors (Lipinski definition) is 4. The first-order valence-electron chi connectivity index (χ1n) is 4.97. The highest BCUT2D eigenvalue weighted by Gasteiger charge is 2.30. The summed E-state index contributed by atoms with van der Waals surface area (Å²) in [4.78, 5) is 15.2. The SMILES string of the molecule is CC(N)(Cn1cnc(C2CC2)n1)C(N)=O. The molecule has 1 aromatic heterocycles. The zero-order valence-corrected chi connectivity index (χ0v) is 8.68. The van der Waals surface area contributed by atoms with E-state index in [1.165, 1.54) is 0 Å². The van der Waals surface area contributed by atoms with E-state index in [0.29, 0.717) is 5.92 Å². The molecule has 1 fully saturated rings. The van der Waals surface area contributed by atoms with Crippen LogP contribution in [0.15, 0.2) is 6.33 Å². The number of carbonyl (C=O) groups is 1. The van der Waals surface area contributed by atoms with Gasteiger partial charge in [0.2, 0.25) is 5.91 Å². The van der Waals surface area contributed by atoms with Crippen molar-refractivity contribution in [2.24, 2.45) is 11.5 Å². The van der Waals surface area contributed by atoms with Gasteiger partial charge in [0, 0.05) is 5.92 Å². The van der Waals surface area contributed by atoms with Gasteiger partial charge in [0.1, 0.15) is 11.9 Å². The molecule has 6 nitrogen and oxygen atoms in total. The van der Waals surface area contributed by atoms with Crippen molar-refractivity contribution in [3.8, 4) is 0 Å². The van der Waals surface area contributed by atoms with Crippen molar-refractivity contribution in [2.45, 2.75) is 37.8 Å². The Morgan fingerprint density at radius 2 is 2.40 bits per heavy atom. The Morgan fingerprint density at radius 1 is 1.73 bits per heavy atom. The number of primary amides is 1. The minimum absolute atomic E-state index is 0.266. The fourth-order valence-electron chi connectivity index (χ4n) is 1.33.